The van der Waals surface area contributed by atoms with Gasteiger partial charge >= 0.3 is 39.5 Å². The normalized spacial score (nSPS) is 14.2. The van der Waals surface area contributed by atoms with Crippen LogP contribution in [0.5, 0.6) is 0 Å². The van der Waals surface area contributed by atoms with E-state index in [-0.39, 0.29) is 25.7 Å². The number of carbonyl (C=O) groups excluding carboxylic acids is 4. The van der Waals surface area contributed by atoms with Gasteiger partial charge in [0.2, 0.25) is 0 Å². The number of phosphoric ester groups is 2. The van der Waals surface area contributed by atoms with E-state index in [1.807, 2.05) is 12.2 Å². The molecule has 0 aromatic heterocycles. The second kappa shape index (κ2) is 75.7. The second-order valence-electron chi connectivity index (χ2n) is 27.7. The van der Waals surface area contributed by atoms with Crippen molar-refractivity contribution in [2.75, 3.05) is 39.6 Å². The highest BCUT2D eigenvalue weighted by Gasteiger charge is 2.30. The molecule has 0 aliphatic rings. The van der Waals surface area contributed by atoms with Crippen molar-refractivity contribution in [2.24, 2.45) is 0 Å². The van der Waals surface area contributed by atoms with Crippen LogP contribution in [0.4, 0.5) is 0 Å². The van der Waals surface area contributed by atoms with Gasteiger partial charge in [-0.05, 0) is 116 Å². The molecule has 0 aliphatic heterocycles. The summed E-state index contributed by atoms with van der Waals surface area (Å²) in [5.74, 6) is -2.22. The molecular weight excluding hydrogens is 1330 g/mol. The number of esters is 4. The maximum atomic E-state index is 13.1. The summed E-state index contributed by atoms with van der Waals surface area (Å²) in [6, 6.07) is 0. The molecule has 0 aliphatic carbocycles. The van der Waals surface area contributed by atoms with E-state index in [1.165, 1.54) is 161 Å². The second-order valence-corrected chi connectivity index (χ2v) is 30.6. The number of allylic oxidation sites excluding steroid dienone is 12. The van der Waals surface area contributed by atoms with Gasteiger partial charge in [-0.2, -0.15) is 0 Å². The van der Waals surface area contributed by atoms with Crippen LogP contribution in [0.15, 0.2) is 72.9 Å². The van der Waals surface area contributed by atoms with Gasteiger partial charge in [0.05, 0.1) is 26.4 Å². The summed E-state index contributed by atoms with van der Waals surface area (Å²) < 4.78 is 68.6. The Morgan fingerprint density at radius 3 is 0.814 bits per heavy atom. The maximum absolute atomic E-state index is 13.1. The summed E-state index contributed by atoms with van der Waals surface area (Å²) in [6.45, 7) is 4.83. The number of phosphoric acid groups is 2. The minimum absolute atomic E-state index is 0.0213. The van der Waals surface area contributed by atoms with Gasteiger partial charge in [0.25, 0.3) is 0 Å². The van der Waals surface area contributed by atoms with E-state index in [1.54, 1.807) is 0 Å². The molecule has 19 heteroatoms. The predicted octanol–water partition coefficient (Wildman–Crippen LogP) is 24.0. The monoisotopic (exact) mass is 1480 g/mol. The predicted molar refractivity (Wildman–Crippen MR) is 418 cm³/mol. The lowest BCUT2D eigenvalue weighted by Crippen LogP contribution is -2.30. The van der Waals surface area contributed by atoms with Crippen LogP contribution in [0.25, 0.3) is 0 Å². The van der Waals surface area contributed by atoms with E-state index < -0.39 is 97.5 Å². The molecule has 0 saturated carbocycles. The molecule has 0 fully saturated rings. The van der Waals surface area contributed by atoms with Gasteiger partial charge in [-0.15, -0.1) is 0 Å². The molecule has 17 nitrogen and oxygen atoms in total. The molecular formula is C83H150O17P2. The number of rotatable bonds is 78. The Hall–Kier alpha value is -3.50. The van der Waals surface area contributed by atoms with Crippen molar-refractivity contribution in [3.63, 3.8) is 0 Å². The lowest BCUT2D eigenvalue weighted by atomic mass is 10.0. The minimum Gasteiger partial charge on any atom is -0.462 e. The molecule has 0 saturated heterocycles. The quantitative estimate of drug-likeness (QED) is 0.0169. The van der Waals surface area contributed by atoms with Crippen molar-refractivity contribution in [3.8, 4) is 0 Å². The third kappa shape index (κ3) is 74.8. The molecule has 0 rings (SSSR count). The van der Waals surface area contributed by atoms with E-state index >= 15 is 0 Å². The van der Waals surface area contributed by atoms with Crippen LogP contribution in [-0.4, -0.2) is 96.7 Å². The Bertz CT molecular complexity index is 2210. The molecule has 3 N–H and O–H groups in total. The number of aliphatic hydroxyl groups excluding tert-OH is 1. The molecule has 0 amide bonds. The van der Waals surface area contributed by atoms with Crippen molar-refractivity contribution in [1.82, 2.24) is 0 Å². The molecule has 0 heterocycles. The number of hydrogen-bond donors (Lipinski definition) is 3. The molecule has 0 spiro atoms. The lowest BCUT2D eigenvalue weighted by molar-refractivity contribution is -0.161. The molecule has 594 valence electrons. The van der Waals surface area contributed by atoms with Gasteiger partial charge in [0.15, 0.2) is 12.2 Å². The summed E-state index contributed by atoms with van der Waals surface area (Å²) in [7, 11) is -9.96. The highest BCUT2D eigenvalue weighted by atomic mass is 31.2. The summed E-state index contributed by atoms with van der Waals surface area (Å²) >= 11 is 0. The molecule has 5 atom stereocenters. The van der Waals surface area contributed by atoms with Gasteiger partial charge in [0, 0.05) is 25.7 Å². The smallest absolute Gasteiger partial charge is 0.462 e. The zero-order valence-corrected chi connectivity index (χ0v) is 66.8. The fourth-order valence-electron chi connectivity index (χ4n) is 11.3. The Morgan fingerprint density at radius 2 is 0.490 bits per heavy atom. The number of hydrogen-bond acceptors (Lipinski definition) is 15. The summed E-state index contributed by atoms with van der Waals surface area (Å²) in [5.41, 5.74) is 0. The van der Waals surface area contributed by atoms with Crippen LogP contribution in [0, 0.1) is 0 Å². The Kier molecular flexibility index (Phi) is 73.1. The van der Waals surface area contributed by atoms with E-state index in [0.29, 0.717) is 32.1 Å². The summed E-state index contributed by atoms with van der Waals surface area (Å²) in [6.07, 6.45) is 77.3. The minimum atomic E-state index is -4.99. The van der Waals surface area contributed by atoms with Crippen LogP contribution < -0.4 is 0 Å². The van der Waals surface area contributed by atoms with Gasteiger partial charge in [0.1, 0.15) is 19.3 Å². The topological polar surface area (TPSA) is 237 Å². The molecule has 0 aromatic carbocycles. The Labute approximate surface area is 622 Å². The molecule has 0 bridgehead atoms. The van der Waals surface area contributed by atoms with E-state index in [9.17, 15) is 43.2 Å². The average Bonchev–Trinajstić information content (AvgIpc) is 0.917. The fourth-order valence-corrected chi connectivity index (χ4v) is 12.9. The summed E-state index contributed by atoms with van der Waals surface area (Å²) in [4.78, 5) is 73.0. The Balaban J connectivity index is 5.38. The zero-order valence-electron chi connectivity index (χ0n) is 65.0. The lowest BCUT2D eigenvalue weighted by Gasteiger charge is -2.21. The van der Waals surface area contributed by atoms with Crippen LogP contribution in [0.3, 0.4) is 0 Å². The van der Waals surface area contributed by atoms with Gasteiger partial charge in [-0.1, -0.05) is 306 Å². The maximum Gasteiger partial charge on any atom is 0.472 e. The van der Waals surface area contributed by atoms with Crippen LogP contribution in [0.2, 0.25) is 0 Å². The Morgan fingerprint density at radius 1 is 0.275 bits per heavy atom. The number of unbranched alkanes of at least 4 members (excludes halogenated alkanes) is 40. The van der Waals surface area contributed by atoms with Crippen LogP contribution in [0.1, 0.15) is 374 Å². The number of ether oxygens (including phenoxy) is 4. The molecule has 102 heavy (non-hydrogen) atoms. The highest BCUT2D eigenvalue weighted by molar-refractivity contribution is 7.47. The van der Waals surface area contributed by atoms with Crippen molar-refractivity contribution < 1.29 is 80.2 Å². The SMILES string of the molecule is CCCCC/C=C\C/C=C\C/C=C\C/C=C\CCCC(=O)O[C@H](COC(=O)CCCCCCCCC/C=C\CCCCCC)COP(=O)(O)OC[C@@H](O)COP(=O)(O)OC[C@@H](COC(=O)CCCCCCCCC/C=C\CCCCCC)OC(=O)CCCCCCCCCCCCCCCCC. The molecule has 0 radical (unpaired) electrons. The van der Waals surface area contributed by atoms with E-state index in [0.717, 1.165) is 128 Å². The summed E-state index contributed by atoms with van der Waals surface area (Å²) in [5, 5.41) is 10.6. The number of carbonyl (C=O) groups is 4. The van der Waals surface area contributed by atoms with E-state index in [4.69, 9.17) is 37.0 Å². The number of aliphatic hydroxyl groups is 1. The van der Waals surface area contributed by atoms with Gasteiger partial charge in [-0.25, -0.2) is 9.13 Å². The van der Waals surface area contributed by atoms with Crippen molar-refractivity contribution in [2.45, 2.75) is 393 Å². The van der Waals surface area contributed by atoms with Crippen LogP contribution in [-0.2, 0) is 65.4 Å². The van der Waals surface area contributed by atoms with Crippen molar-refractivity contribution in [1.29, 1.82) is 0 Å². The molecule has 2 unspecified atom stereocenters. The highest BCUT2D eigenvalue weighted by Crippen LogP contribution is 2.45. The van der Waals surface area contributed by atoms with Crippen molar-refractivity contribution in [3.05, 3.63) is 72.9 Å². The molecule has 0 aromatic rings. The first kappa shape index (κ1) is 98.5. The largest absolute Gasteiger partial charge is 0.472 e. The first-order valence-corrected chi connectivity index (χ1v) is 44.2. The zero-order chi connectivity index (χ0) is 74.6. The van der Waals surface area contributed by atoms with Crippen molar-refractivity contribution >= 4 is 39.5 Å². The first-order chi connectivity index (χ1) is 49.7. The fraction of sp³-hybridized carbons (Fsp3) is 0.807. The average molecular weight is 1480 g/mol. The van der Waals surface area contributed by atoms with E-state index in [2.05, 4.69) is 88.5 Å². The standard InChI is InChI=1S/C83H150O17P2/c1-5-9-13-17-21-25-29-33-37-38-42-46-50-54-58-62-66-70-83(88)100-79(74-94-81(86)68-64-60-56-52-48-44-40-35-31-27-23-19-15-11-7-3)76-98-102(91,92)96-72-77(84)71-95-101(89,90)97-75-78(99-82(87)69-65-61-57-53-49-45-41-36-32-28-24-20-16-12-8-4)73-93-80(85)67-63-59-55-51-47-43-39-34-30-26-22-18-14-10-6-2/h21,25-27,30-31,33,37,42,46,54,58,77-79,84H,5-20,22-24,28-29,32,34-36,38-41,43-45,47-53,55-57,59-76H2,1-4H3,(H,89,90)(H,91,92)/b25-21-,30-26-,31-27-,37-33-,46-42-,58-54-/t77-,78+,79+/m0/s1. The van der Waals surface area contributed by atoms with Gasteiger partial charge in [-0.3, -0.25) is 37.3 Å². The third-order valence-corrected chi connectivity index (χ3v) is 19.5. The first-order valence-electron chi connectivity index (χ1n) is 41.2. The van der Waals surface area contributed by atoms with Gasteiger partial charge < -0.3 is 33.8 Å². The third-order valence-electron chi connectivity index (χ3n) is 17.6. The van der Waals surface area contributed by atoms with Crippen LogP contribution >= 0.6 is 15.6 Å².